The van der Waals surface area contributed by atoms with Crippen molar-refractivity contribution in [1.82, 2.24) is 5.32 Å². The molecule has 1 N–H and O–H groups in total. The van der Waals surface area contributed by atoms with Crippen molar-refractivity contribution in [2.24, 2.45) is 0 Å². The van der Waals surface area contributed by atoms with Crippen molar-refractivity contribution in [2.75, 3.05) is 13.7 Å². The molecule has 1 unspecified atom stereocenters. The van der Waals surface area contributed by atoms with E-state index in [9.17, 15) is 0 Å². The van der Waals surface area contributed by atoms with E-state index in [0.717, 1.165) is 25.1 Å². The maximum atomic E-state index is 5.19. The van der Waals surface area contributed by atoms with Crippen LogP contribution in [-0.4, -0.2) is 13.7 Å². The van der Waals surface area contributed by atoms with Gasteiger partial charge in [0.05, 0.1) is 7.11 Å². The molecule has 2 aromatic rings. The van der Waals surface area contributed by atoms with Gasteiger partial charge in [-0.3, -0.25) is 0 Å². The number of methoxy groups -OCH3 is 1. The van der Waals surface area contributed by atoms with Gasteiger partial charge < -0.3 is 10.1 Å². The molecule has 1 aliphatic rings. The van der Waals surface area contributed by atoms with Crippen molar-refractivity contribution >= 4 is 11.3 Å². The van der Waals surface area contributed by atoms with E-state index >= 15 is 0 Å². The Morgan fingerprint density at radius 2 is 2.11 bits per heavy atom. The zero-order valence-corrected chi connectivity index (χ0v) is 11.3. The molecule has 0 spiro atoms. The summed E-state index contributed by atoms with van der Waals surface area (Å²) < 4.78 is 5.19. The largest absolute Gasteiger partial charge is 0.497 e. The van der Waals surface area contributed by atoms with Crippen molar-refractivity contribution in [3.05, 3.63) is 51.7 Å². The Bertz CT molecular complexity index is 518. The van der Waals surface area contributed by atoms with E-state index in [1.165, 1.54) is 16.0 Å². The summed E-state index contributed by atoms with van der Waals surface area (Å²) >= 11 is 1.87. The topological polar surface area (TPSA) is 21.3 Å². The zero-order valence-electron chi connectivity index (χ0n) is 10.5. The van der Waals surface area contributed by atoms with Crippen LogP contribution in [0, 0.1) is 0 Å². The van der Waals surface area contributed by atoms with Gasteiger partial charge in [-0.1, -0.05) is 12.1 Å². The number of thiophene rings is 1. The summed E-state index contributed by atoms with van der Waals surface area (Å²) in [6.07, 6.45) is 2.22. The highest BCUT2D eigenvalue weighted by molar-refractivity contribution is 7.10. The minimum Gasteiger partial charge on any atom is -0.497 e. The summed E-state index contributed by atoms with van der Waals surface area (Å²) in [4.78, 5) is 1.51. The lowest BCUT2D eigenvalue weighted by molar-refractivity contribution is 0.414. The predicted octanol–water partition coefficient (Wildman–Crippen LogP) is 3.19. The van der Waals surface area contributed by atoms with E-state index in [0.29, 0.717) is 6.04 Å². The van der Waals surface area contributed by atoms with E-state index < -0.39 is 0 Å². The van der Waals surface area contributed by atoms with Gasteiger partial charge in [0.25, 0.3) is 0 Å². The number of benzene rings is 1. The van der Waals surface area contributed by atoms with Crippen LogP contribution in [0.4, 0.5) is 0 Å². The van der Waals surface area contributed by atoms with Gasteiger partial charge in [0.1, 0.15) is 5.75 Å². The van der Waals surface area contributed by atoms with Gasteiger partial charge in [0, 0.05) is 10.9 Å². The fourth-order valence-corrected chi connectivity index (χ4v) is 3.53. The first kappa shape index (κ1) is 11.8. The summed E-state index contributed by atoms with van der Waals surface area (Å²) in [6.45, 7) is 1.09. The van der Waals surface area contributed by atoms with Crippen LogP contribution in [0.5, 0.6) is 5.75 Å². The lowest BCUT2D eigenvalue weighted by Gasteiger charge is -2.24. The highest BCUT2D eigenvalue weighted by Crippen LogP contribution is 2.30. The third-order valence-corrected chi connectivity index (χ3v) is 4.55. The van der Waals surface area contributed by atoms with Crippen LogP contribution in [0.1, 0.15) is 22.0 Å². The molecule has 18 heavy (non-hydrogen) atoms. The summed E-state index contributed by atoms with van der Waals surface area (Å²) in [5.41, 5.74) is 2.88. The first-order valence-corrected chi connectivity index (χ1v) is 7.17. The molecule has 1 aromatic heterocycles. The zero-order chi connectivity index (χ0) is 12.4. The smallest absolute Gasteiger partial charge is 0.118 e. The average Bonchev–Trinajstić information content (AvgIpc) is 2.89. The third-order valence-electron chi connectivity index (χ3n) is 3.48. The first-order chi connectivity index (χ1) is 8.86. The monoisotopic (exact) mass is 259 g/mol. The molecule has 0 saturated carbocycles. The third kappa shape index (κ3) is 2.28. The van der Waals surface area contributed by atoms with Crippen molar-refractivity contribution in [3.8, 4) is 5.75 Å². The molecule has 3 heteroatoms. The Morgan fingerprint density at radius 1 is 1.28 bits per heavy atom. The van der Waals surface area contributed by atoms with Gasteiger partial charge in [-0.25, -0.2) is 0 Å². The molecule has 0 amide bonds. The van der Waals surface area contributed by atoms with Gasteiger partial charge in [-0.05, 0) is 54.1 Å². The van der Waals surface area contributed by atoms with E-state index in [1.807, 2.05) is 23.5 Å². The van der Waals surface area contributed by atoms with Crippen molar-refractivity contribution in [1.29, 1.82) is 0 Å². The number of hydrogen-bond acceptors (Lipinski definition) is 3. The summed E-state index contributed by atoms with van der Waals surface area (Å²) in [6, 6.07) is 11.1. The Balaban J connectivity index is 1.77. The van der Waals surface area contributed by atoms with Crippen molar-refractivity contribution in [2.45, 2.75) is 18.9 Å². The molecule has 0 saturated heterocycles. The van der Waals surface area contributed by atoms with Gasteiger partial charge in [0.2, 0.25) is 0 Å². The van der Waals surface area contributed by atoms with Crippen molar-refractivity contribution in [3.63, 3.8) is 0 Å². The first-order valence-electron chi connectivity index (χ1n) is 6.29. The van der Waals surface area contributed by atoms with Crippen LogP contribution >= 0.6 is 11.3 Å². The van der Waals surface area contributed by atoms with Crippen LogP contribution in [-0.2, 0) is 12.8 Å². The summed E-state index contributed by atoms with van der Waals surface area (Å²) in [7, 11) is 1.70. The molecule has 0 fully saturated rings. The lowest BCUT2D eigenvalue weighted by atomic mass is 9.98. The molecule has 0 radical (unpaired) electrons. The highest BCUT2D eigenvalue weighted by atomic mass is 32.1. The highest BCUT2D eigenvalue weighted by Gasteiger charge is 2.20. The molecule has 1 aromatic carbocycles. The van der Waals surface area contributed by atoms with Crippen LogP contribution in [0.2, 0.25) is 0 Å². The molecule has 1 atom stereocenters. The molecule has 2 nitrogen and oxygen atoms in total. The summed E-state index contributed by atoms with van der Waals surface area (Å²) in [5.74, 6) is 0.923. The second-order valence-corrected chi connectivity index (χ2v) is 5.57. The van der Waals surface area contributed by atoms with Crippen LogP contribution in [0.3, 0.4) is 0 Å². The van der Waals surface area contributed by atoms with Gasteiger partial charge >= 0.3 is 0 Å². The molecule has 94 valence electrons. The van der Waals surface area contributed by atoms with Gasteiger partial charge in [-0.2, -0.15) is 0 Å². The average molecular weight is 259 g/mol. The number of rotatable bonds is 3. The molecule has 3 rings (SSSR count). The van der Waals surface area contributed by atoms with Crippen LogP contribution in [0.25, 0.3) is 0 Å². The number of ether oxygens (including phenoxy) is 1. The Morgan fingerprint density at radius 3 is 2.89 bits per heavy atom. The Kier molecular flexibility index (Phi) is 3.35. The van der Waals surface area contributed by atoms with Crippen LogP contribution in [0.15, 0.2) is 35.7 Å². The summed E-state index contributed by atoms with van der Waals surface area (Å²) in [5, 5.41) is 5.82. The van der Waals surface area contributed by atoms with Gasteiger partial charge in [0.15, 0.2) is 0 Å². The molecule has 0 aliphatic carbocycles. The van der Waals surface area contributed by atoms with Gasteiger partial charge in [-0.15, -0.1) is 11.3 Å². The van der Waals surface area contributed by atoms with E-state index in [4.69, 9.17) is 4.74 Å². The SMILES string of the molecule is COc1ccc(CC2NCCc3ccsc32)cc1. The quantitative estimate of drug-likeness (QED) is 0.914. The molecule has 1 aliphatic heterocycles. The lowest BCUT2D eigenvalue weighted by Crippen LogP contribution is -2.29. The van der Waals surface area contributed by atoms with E-state index in [2.05, 4.69) is 28.9 Å². The van der Waals surface area contributed by atoms with Crippen molar-refractivity contribution < 1.29 is 4.74 Å². The second kappa shape index (κ2) is 5.12. The fraction of sp³-hybridized carbons (Fsp3) is 0.333. The normalized spacial score (nSPS) is 18.4. The Labute approximate surface area is 112 Å². The number of fused-ring (bicyclic) bond motifs is 1. The minimum absolute atomic E-state index is 0.474. The predicted molar refractivity (Wildman–Crippen MR) is 75.5 cm³/mol. The molecular formula is C15H17NOS. The molecule has 2 heterocycles. The van der Waals surface area contributed by atoms with Crippen LogP contribution < -0.4 is 10.1 Å². The second-order valence-electron chi connectivity index (χ2n) is 4.62. The maximum Gasteiger partial charge on any atom is 0.118 e. The maximum absolute atomic E-state index is 5.19. The molecule has 0 bridgehead atoms. The Hall–Kier alpha value is -1.32. The standard InChI is InChI=1S/C15H17NOS/c1-17-13-4-2-11(3-5-13)10-14-15-12(6-8-16-14)7-9-18-15/h2-5,7,9,14,16H,6,8,10H2,1H3. The van der Waals surface area contributed by atoms with E-state index in [1.54, 1.807) is 7.11 Å². The molecular weight excluding hydrogens is 242 g/mol. The minimum atomic E-state index is 0.474. The van der Waals surface area contributed by atoms with E-state index in [-0.39, 0.29) is 0 Å². The fourth-order valence-electron chi connectivity index (χ4n) is 2.50. The number of hydrogen-bond donors (Lipinski definition) is 1. The number of nitrogens with one attached hydrogen (secondary N) is 1.